The molecule has 0 spiro atoms. The summed E-state index contributed by atoms with van der Waals surface area (Å²) >= 11 is 12.6. The Balaban J connectivity index is 1.75. The summed E-state index contributed by atoms with van der Waals surface area (Å²) in [5, 5.41) is 13.3. The van der Waals surface area contributed by atoms with Crippen LogP contribution < -0.4 is 21.7 Å². The van der Waals surface area contributed by atoms with Crippen molar-refractivity contribution in [2.24, 2.45) is 5.73 Å². The molecule has 0 aliphatic carbocycles. The van der Waals surface area contributed by atoms with Crippen LogP contribution in [-0.4, -0.2) is 25.7 Å². The second kappa shape index (κ2) is 7.64. The van der Waals surface area contributed by atoms with Crippen LogP contribution in [0.3, 0.4) is 0 Å². The van der Waals surface area contributed by atoms with Crippen molar-refractivity contribution >= 4 is 40.0 Å². The summed E-state index contributed by atoms with van der Waals surface area (Å²) in [6, 6.07) is 9.19. The number of primary amides is 1. The van der Waals surface area contributed by atoms with Gasteiger partial charge < -0.3 is 15.5 Å². The molecular formula is C19H10Cl2N6O4. The van der Waals surface area contributed by atoms with Crippen molar-refractivity contribution < 1.29 is 9.53 Å². The molecule has 0 aliphatic rings. The summed E-state index contributed by atoms with van der Waals surface area (Å²) in [6.07, 6.45) is 1.50. The van der Waals surface area contributed by atoms with Gasteiger partial charge in [0, 0.05) is 17.1 Å². The van der Waals surface area contributed by atoms with Gasteiger partial charge in [0.25, 0.3) is 11.5 Å². The summed E-state index contributed by atoms with van der Waals surface area (Å²) < 4.78 is 6.57. The Kier molecular flexibility index (Phi) is 4.98. The van der Waals surface area contributed by atoms with Crippen LogP contribution in [0, 0.1) is 11.3 Å². The van der Waals surface area contributed by atoms with E-state index >= 15 is 0 Å². The molecule has 1 amide bonds. The average Bonchev–Trinajstić information content (AvgIpc) is 3.14. The number of H-pyrrole nitrogens is 2. The van der Waals surface area contributed by atoms with E-state index in [-0.39, 0.29) is 21.5 Å². The third-order valence-corrected chi connectivity index (χ3v) is 4.86. The number of nitrogens with zero attached hydrogens (tertiary/aromatic N) is 3. The molecule has 10 nitrogen and oxygen atoms in total. The molecule has 0 fully saturated rings. The molecule has 31 heavy (non-hydrogen) atoms. The lowest BCUT2D eigenvalue weighted by Gasteiger charge is -2.12. The molecule has 0 aliphatic heterocycles. The van der Waals surface area contributed by atoms with Crippen molar-refractivity contribution in [2.75, 3.05) is 0 Å². The lowest BCUT2D eigenvalue weighted by molar-refractivity contribution is 0.100. The highest BCUT2D eigenvalue weighted by molar-refractivity contribution is 6.37. The Morgan fingerprint density at radius 1 is 1.19 bits per heavy atom. The molecule has 0 saturated carbocycles. The topological polar surface area (TPSA) is 160 Å². The van der Waals surface area contributed by atoms with Gasteiger partial charge in [-0.15, -0.1) is 5.10 Å². The van der Waals surface area contributed by atoms with Crippen LogP contribution in [0.2, 0.25) is 10.0 Å². The number of aromatic amines is 2. The molecule has 2 aromatic heterocycles. The zero-order valence-electron chi connectivity index (χ0n) is 15.3. The average molecular weight is 457 g/mol. The molecule has 12 heteroatoms. The Morgan fingerprint density at radius 3 is 2.55 bits per heavy atom. The lowest BCUT2D eigenvalue weighted by Crippen LogP contribution is -2.33. The fourth-order valence-corrected chi connectivity index (χ4v) is 3.45. The van der Waals surface area contributed by atoms with E-state index in [1.165, 1.54) is 18.3 Å². The second-order valence-corrected chi connectivity index (χ2v) is 7.06. The summed E-state index contributed by atoms with van der Waals surface area (Å²) in [6.45, 7) is 0. The molecule has 0 unspecified atom stereocenters. The minimum absolute atomic E-state index is 0.0326. The van der Waals surface area contributed by atoms with E-state index in [0.717, 1.165) is 4.68 Å². The minimum Gasteiger partial charge on any atom is -0.454 e. The Labute approximate surface area is 182 Å². The summed E-state index contributed by atoms with van der Waals surface area (Å²) in [4.78, 5) is 40.1. The number of rotatable bonds is 4. The number of halogens is 2. The van der Waals surface area contributed by atoms with Crippen molar-refractivity contribution in [3.63, 3.8) is 0 Å². The molecule has 0 atom stereocenters. The van der Waals surface area contributed by atoms with Crippen molar-refractivity contribution in [3.05, 3.63) is 78.7 Å². The first-order valence-electron chi connectivity index (χ1n) is 8.50. The third kappa shape index (κ3) is 3.63. The Hall–Kier alpha value is -4.07. The van der Waals surface area contributed by atoms with Crippen LogP contribution in [-0.2, 0) is 0 Å². The molecule has 4 N–H and O–H groups in total. The molecule has 0 bridgehead atoms. The Morgan fingerprint density at radius 2 is 1.90 bits per heavy atom. The largest absolute Gasteiger partial charge is 0.454 e. The van der Waals surface area contributed by atoms with Crippen molar-refractivity contribution in [1.29, 1.82) is 5.26 Å². The fourth-order valence-electron chi connectivity index (χ4n) is 2.90. The number of carbonyl (C=O) groups is 1. The molecular weight excluding hydrogens is 447 g/mol. The predicted molar refractivity (Wildman–Crippen MR) is 112 cm³/mol. The maximum atomic E-state index is 12.1. The van der Waals surface area contributed by atoms with Crippen LogP contribution in [0.1, 0.15) is 16.1 Å². The zero-order chi connectivity index (χ0) is 22.3. The summed E-state index contributed by atoms with van der Waals surface area (Å²) in [5.41, 5.74) is 4.18. The molecule has 0 saturated heterocycles. The van der Waals surface area contributed by atoms with Crippen LogP contribution in [0.5, 0.6) is 11.5 Å². The van der Waals surface area contributed by atoms with Crippen molar-refractivity contribution in [3.8, 4) is 23.3 Å². The van der Waals surface area contributed by atoms with Crippen molar-refractivity contribution in [2.45, 2.75) is 0 Å². The van der Waals surface area contributed by atoms with Crippen LogP contribution >= 0.6 is 23.2 Å². The number of nitriles is 1. The summed E-state index contributed by atoms with van der Waals surface area (Å²) in [5.74, 6) is -0.183. The van der Waals surface area contributed by atoms with Gasteiger partial charge >= 0.3 is 5.69 Å². The second-order valence-electron chi connectivity index (χ2n) is 6.25. The fraction of sp³-hybridized carbons (Fsp3) is 0. The molecule has 4 aromatic rings. The van der Waals surface area contributed by atoms with Gasteiger partial charge in [0.1, 0.15) is 11.8 Å². The first-order chi connectivity index (χ1) is 14.8. The standard InChI is InChI=1S/C19H10Cl2N6O4/c20-12-3-8(27-19(30)25-18(29)15(6-22)26-27)4-13(21)16(12)31-9-1-2-14-10(5-9)11(7-24-14)17(23)28/h1-5,7,24H,(H2,23,28)(H,25,29,30). The molecule has 2 heterocycles. The SMILES string of the molecule is N#Cc1nn(-c2cc(Cl)c(Oc3ccc4[nH]cc(C(N)=O)c4c3)c(Cl)c2)c(=O)[nH]c1=O. The predicted octanol–water partition coefficient (Wildman–Crippen LogP) is 2.47. The van der Waals surface area contributed by atoms with Crippen molar-refractivity contribution in [1.82, 2.24) is 19.7 Å². The van der Waals surface area contributed by atoms with E-state index in [4.69, 9.17) is 38.9 Å². The number of nitrogens with one attached hydrogen (secondary N) is 2. The van der Waals surface area contributed by atoms with E-state index in [1.807, 2.05) is 4.98 Å². The number of benzene rings is 2. The van der Waals surface area contributed by atoms with Crippen LogP contribution in [0.4, 0.5) is 0 Å². The number of carbonyl (C=O) groups excluding carboxylic acids is 1. The van der Waals surface area contributed by atoms with Gasteiger partial charge in [-0.2, -0.15) is 9.94 Å². The van der Waals surface area contributed by atoms with Gasteiger partial charge in [-0.25, -0.2) is 4.79 Å². The zero-order valence-corrected chi connectivity index (χ0v) is 16.8. The van der Waals surface area contributed by atoms with Gasteiger partial charge in [-0.05, 0) is 30.3 Å². The van der Waals surface area contributed by atoms with Gasteiger partial charge in [0.2, 0.25) is 5.69 Å². The van der Waals surface area contributed by atoms with E-state index in [9.17, 15) is 14.4 Å². The van der Waals surface area contributed by atoms with Gasteiger partial charge in [-0.1, -0.05) is 23.2 Å². The smallest absolute Gasteiger partial charge is 0.349 e. The monoisotopic (exact) mass is 456 g/mol. The molecule has 0 radical (unpaired) electrons. The van der Waals surface area contributed by atoms with E-state index < -0.39 is 22.9 Å². The van der Waals surface area contributed by atoms with Gasteiger partial charge in [-0.3, -0.25) is 14.6 Å². The number of nitrogens with two attached hydrogens (primary N) is 1. The van der Waals surface area contributed by atoms with Crippen LogP contribution in [0.15, 0.2) is 46.1 Å². The van der Waals surface area contributed by atoms with E-state index in [1.54, 1.807) is 24.3 Å². The third-order valence-electron chi connectivity index (χ3n) is 4.30. The first-order valence-corrected chi connectivity index (χ1v) is 9.26. The highest BCUT2D eigenvalue weighted by atomic mass is 35.5. The highest BCUT2D eigenvalue weighted by Crippen LogP contribution is 2.38. The number of ether oxygens (including phenoxy) is 1. The maximum Gasteiger partial charge on any atom is 0.349 e. The van der Waals surface area contributed by atoms with Gasteiger partial charge in [0.15, 0.2) is 5.75 Å². The normalized spacial score (nSPS) is 10.7. The Bertz CT molecular complexity index is 1510. The number of aromatic nitrogens is 4. The first kappa shape index (κ1) is 20.2. The minimum atomic E-state index is -0.906. The molecule has 4 rings (SSSR count). The van der Waals surface area contributed by atoms with Gasteiger partial charge in [0.05, 0.1) is 21.3 Å². The number of hydrogen-bond donors (Lipinski definition) is 3. The number of hydrogen-bond acceptors (Lipinski definition) is 6. The molecule has 154 valence electrons. The molecule has 2 aromatic carbocycles. The van der Waals surface area contributed by atoms with E-state index in [0.29, 0.717) is 22.2 Å². The summed E-state index contributed by atoms with van der Waals surface area (Å²) in [7, 11) is 0. The lowest BCUT2D eigenvalue weighted by atomic mass is 10.1. The van der Waals surface area contributed by atoms with Crippen LogP contribution in [0.25, 0.3) is 16.6 Å². The van der Waals surface area contributed by atoms with E-state index in [2.05, 4.69) is 10.1 Å². The highest BCUT2D eigenvalue weighted by Gasteiger charge is 2.16. The number of fused-ring (bicyclic) bond motifs is 1. The quantitative estimate of drug-likeness (QED) is 0.427. The maximum absolute atomic E-state index is 12.1. The number of amides is 1.